The lowest BCUT2D eigenvalue weighted by atomic mass is 9.83. The van der Waals surface area contributed by atoms with E-state index in [0.29, 0.717) is 25.0 Å². The first kappa shape index (κ1) is 38.2. The van der Waals surface area contributed by atoms with E-state index in [9.17, 15) is 9.59 Å². The third-order valence-corrected chi connectivity index (χ3v) is 13.8. The number of ether oxygens (including phenoxy) is 1. The third-order valence-electron chi connectivity index (χ3n) is 13.8. The van der Waals surface area contributed by atoms with Gasteiger partial charge in [-0.3, -0.25) is 9.59 Å². The van der Waals surface area contributed by atoms with Crippen LogP contribution in [0.1, 0.15) is 101 Å². The summed E-state index contributed by atoms with van der Waals surface area (Å²) in [6.07, 6.45) is 22.1. The van der Waals surface area contributed by atoms with Crippen LogP contribution in [0.2, 0.25) is 0 Å². The molecule has 9 nitrogen and oxygen atoms in total. The van der Waals surface area contributed by atoms with Crippen molar-refractivity contribution in [1.29, 1.82) is 0 Å². The molecule has 4 unspecified atom stereocenters. The third kappa shape index (κ3) is 8.40. The molecule has 8 rings (SSSR count). The highest BCUT2D eigenvalue weighted by Gasteiger charge is 2.37. The minimum atomic E-state index is -0.362. The average molecular weight is 749 g/mol. The second-order valence-corrected chi connectivity index (χ2v) is 17.3. The lowest BCUT2D eigenvalue weighted by molar-refractivity contribution is -0.135. The Bertz CT molecular complexity index is 1770. The van der Waals surface area contributed by atoms with Crippen molar-refractivity contribution >= 4 is 33.6 Å². The number of para-hydroxylation sites is 2. The van der Waals surface area contributed by atoms with Gasteiger partial charge in [-0.15, -0.1) is 0 Å². The van der Waals surface area contributed by atoms with E-state index in [1.165, 1.54) is 71.5 Å². The van der Waals surface area contributed by atoms with E-state index < -0.39 is 0 Å². The van der Waals surface area contributed by atoms with Crippen molar-refractivity contribution in [3.05, 3.63) is 72.1 Å². The number of amides is 2. The van der Waals surface area contributed by atoms with Gasteiger partial charge in [-0.05, 0) is 99.3 Å². The molecule has 4 heterocycles. The molecular formula is C46H64N6O3. The number of hydrogen-bond donors (Lipinski definition) is 2. The number of fused-ring (bicyclic) bond motifs is 2. The highest BCUT2D eigenvalue weighted by atomic mass is 16.5. The number of aromatic nitrogens is 2. The minimum Gasteiger partial charge on any atom is -0.378 e. The van der Waals surface area contributed by atoms with Crippen LogP contribution in [0.4, 0.5) is 0 Å². The van der Waals surface area contributed by atoms with E-state index in [1.807, 2.05) is 0 Å². The number of nitrogens with zero attached hydrogens (tertiary/aromatic N) is 4. The Labute approximate surface area is 327 Å². The topological polar surface area (TPSA) is 112 Å². The summed E-state index contributed by atoms with van der Waals surface area (Å²) in [6.45, 7) is 4.42. The molecule has 2 amide bonds. The van der Waals surface area contributed by atoms with Gasteiger partial charge < -0.3 is 35.1 Å². The fourth-order valence-corrected chi connectivity index (χ4v) is 10.7. The highest BCUT2D eigenvalue weighted by Crippen LogP contribution is 2.33. The van der Waals surface area contributed by atoms with Gasteiger partial charge in [-0.1, -0.05) is 74.9 Å². The number of benzene rings is 2. The molecule has 4 N–H and O–H groups in total. The van der Waals surface area contributed by atoms with Crippen LogP contribution in [-0.2, 0) is 40.3 Å². The van der Waals surface area contributed by atoms with Crippen molar-refractivity contribution in [1.82, 2.24) is 18.9 Å². The molecule has 4 aliphatic rings. The van der Waals surface area contributed by atoms with Crippen LogP contribution in [0.15, 0.2) is 60.9 Å². The van der Waals surface area contributed by atoms with Crippen molar-refractivity contribution < 1.29 is 14.3 Å². The van der Waals surface area contributed by atoms with Crippen LogP contribution in [0.3, 0.4) is 0 Å². The standard InChI is InChI=1S/C46H64N6O3/c47-43(33-13-3-1-4-14-33)45(53)51-23-11-17-37(51)29-35-31-49(41-21-9-7-19-39(35)41)25-27-55-28-26-50-32-36(40-20-8-10-22-42(40)50)30-38-18-12-24-52(38)46(54)44(48)34-15-5-2-6-16-34/h7-10,19-22,31-34,37-38,43-44H,1-6,11-18,23-30,47-48H2. The number of likely N-dealkylation sites (tertiary alicyclic amines) is 2. The molecule has 9 heteroatoms. The van der Waals surface area contributed by atoms with E-state index in [0.717, 1.165) is 90.4 Å². The summed E-state index contributed by atoms with van der Waals surface area (Å²) in [5.41, 5.74) is 18.3. The van der Waals surface area contributed by atoms with Gasteiger partial charge in [0.15, 0.2) is 0 Å². The molecule has 0 bridgehead atoms. The zero-order valence-corrected chi connectivity index (χ0v) is 33.0. The molecular weight excluding hydrogens is 685 g/mol. The first-order chi connectivity index (χ1) is 27.0. The minimum absolute atomic E-state index is 0.166. The molecule has 55 heavy (non-hydrogen) atoms. The summed E-state index contributed by atoms with van der Waals surface area (Å²) in [5, 5.41) is 2.53. The molecule has 2 aromatic carbocycles. The van der Waals surface area contributed by atoms with Gasteiger partial charge in [0.25, 0.3) is 0 Å². The summed E-state index contributed by atoms with van der Waals surface area (Å²) in [4.78, 5) is 31.5. The van der Waals surface area contributed by atoms with Gasteiger partial charge in [0.1, 0.15) is 0 Å². The number of carbonyl (C=O) groups excluding carboxylic acids is 2. The van der Waals surface area contributed by atoms with Crippen LogP contribution in [-0.4, -0.2) is 81.2 Å². The first-order valence-electron chi connectivity index (χ1n) is 21.8. The van der Waals surface area contributed by atoms with Crippen molar-refractivity contribution in [3.8, 4) is 0 Å². The van der Waals surface area contributed by atoms with Crippen molar-refractivity contribution in [2.45, 2.75) is 140 Å². The Morgan fingerprint density at radius 1 is 0.582 bits per heavy atom. The van der Waals surface area contributed by atoms with Gasteiger partial charge >= 0.3 is 0 Å². The summed E-state index contributed by atoms with van der Waals surface area (Å²) >= 11 is 0. The molecule has 2 saturated heterocycles. The van der Waals surface area contributed by atoms with Crippen LogP contribution in [0.5, 0.6) is 0 Å². The van der Waals surface area contributed by atoms with E-state index >= 15 is 0 Å². The smallest absolute Gasteiger partial charge is 0.240 e. The van der Waals surface area contributed by atoms with Crippen LogP contribution in [0, 0.1) is 11.8 Å². The maximum Gasteiger partial charge on any atom is 0.240 e. The number of hydrogen-bond acceptors (Lipinski definition) is 5. The highest BCUT2D eigenvalue weighted by molar-refractivity contribution is 5.86. The van der Waals surface area contributed by atoms with Crippen molar-refractivity contribution in [2.24, 2.45) is 23.3 Å². The Morgan fingerprint density at radius 3 is 1.44 bits per heavy atom. The van der Waals surface area contributed by atoms with Crippen LogP contribution >= 0.6 is 0 Å². The fraction of sp³-hybridized carbons (Fsp3) is 0.609. The Morgan fingerprint density at radius 2 is 1.00 bits per heavy atom. The Kier molecular flexibility index (Phi) is 12.3. The van der Waals surface area contributed by atoms with Gasteiger partial charge in [-0.2, -0.15) is 0 Å². The zero-order valence-electron chi connectivity index (χ0n) is 33.0. The SMILES string of the molecule is NC(C(=O)N1CCCC1Cc1cn(CCOCCn2cc(CC3CCCN3C(=O)C(N)C3CCCCC3)c3ccccc32)c2ccccc12)C1CCCCC1. The fourth-order valence-electron chi connectivity index (χ4n) is 10.7. The lowest BCUT2D eigenvalue weighted by Gasteiger charge is -2.32. The van der Waals surface area contributed by atoms with E-state index in [1.54, 1.807) is 0 Å². The van der Waals surface area contributed by atoms with Crippen molar-refractivity contribution in [2.75, 3.05) is 26.3 Å². The number of rotatable bonds is 14. The van der Waals surface area contributed by atoms with Crippen molar-refractivity contribution in [3.63, 3.8) is 0 Å². The summed E-state index contributed by atoms with van der Waals surface area (Å²) in [5.74, 6) is 0.995. The number of nitrogens with two attached hydrogens (primary N) is 2. The molecule has 4 aromatic rings. The second kappa shape index (κ2) is 17.6. The molecule has 2 saturated carbocycles. The van der Waals surface area contributed by atoms with Gasteiger partial charge in [0.05, 0.1) is 25.3 Å². The molecule has 2 aromatic heterocycles. The molecule has 4 atom stereocenters. The van der Waals surface area contributed by atoms with E-state index in [4.69, 9.17) is 16.2 Å². The summed E-state index contributed by atoms with van der Waals surface area (Å²) in [6, 6.07) is 17.0. The van der Waals surface area contributed by atoms with E-state index in [-0.39, 0.29) is 36.0 Å². The Balaban J connectivity index is 0.871. The maximum absolute atomic E-state index is 13.6. The molecule has 2 aliphatic carbocycles. The zero-order chi connectivity index (χ0) is 37.7. The lowest BCUT2D eigenvalue weighted by Crippen LogP contribution is -2.50. The van der Waals surface area contributed by atoms with Crippen LogP contribution in [0.25, 0.3) is 21.8 Å². The van der Waals surface area contributed by atoms with Gasteiger partial charge in [0.2, 0.25) is 11.8 Å². The monoisotopic (exact) mass is 749 g/mol. The maximum atomic E-state index is 13.6. The summed E-state index contributed by atoms with van der Waals surface area (Å²) < 4.78 is 11.0. The molecule has 296 valence electrons. The number of carbonyl (C=O) groups is 2. The summed E-state index contributed by atoms with van der Waals surface area (Å²) in [7, 11) is 0. The van der Waals surface area contributed by atoms with Gasteiger partial charge in [-0.25, -0.2) is 0 Å². The quantitative estimate of drug-likeness (QED) is 0.133. The average Bonchev–Trinajstić information content (AvgIpc) is 4.04. The predicted octanol–water partition coefficient (Wildman–Crippen LogP) is 7.20. The molecule has 0 radical (unpaired) electrons. The normalized spacial score (nSPS) is 22.6. The van der Waals surface area contributed by atoms with Crippen LogP contribution < -0.4 is 11.5 Å². The predicted molar refractivity (Wildman–Crippen MR) is 221 cm³/mol. The largest absolute Gasteiger partial charge is 0.378 e. The first-order valence-corrected chi connectivity index (χ1v) is 21.8. The molecule has 2 aliphatic heterocycles. The van der Waals surface area contributed by atoms with E-state index in [2.05, 4.69) is 79.9 Å². The molecule has 0 spiro atoms. The molecule has 4 fully saturated rings. The Hall–Kier alpha value is -3.66. The second-order valence-electron chi connectivity index (χ2n) is 17.3. The van der Waals surface area contributed by atoms with Gasteiger partial charge in [0, 0.05) is 72.5 Å².